The molecule has 4 nitrogen and oxygen atoms in total. The molecule has 0 fully saturated rings. The zero-order valence-electron chi connectivity index (χ0n) is 14.4. The average Bonchev–Trinajstić information content (AvgIpc) is 2.84. The van der Waals surface area contributed by atoms with Crippen molar-refractivity contribution in [3.63, 3.8) is 0 Å². The van der Waals surface area contributed by atoms with Crippen LogP contribution in [0.4, 0.5) is 5.82 Å². The van der Waals surface area contributed by atoms with Gasteiger partial charge in [-0.1, -0.05) is 41.9 Å². The predicted molar refractivity (Wildman–Crippen MR) is 104 cm³/mol. The minimum atomic E-state index is 0.619. The Bertz CT molecular complexity index is 984. The van der Waals surface area contributed by atoms with Crippen LogP contribution in [0.3, 0.4) is 0 Å². The number of nitrogens with one attached hydrogen (secondary N) is 1. The van der Waals surface area contributed by atoms with Gasteiger partial charge in [-0.3, -0.25) is 0 Å². The molecule has 0 unspecified atom stereocenters. The van der Waals surface area contributed by atoms with Gasteiger partial charge in [-0.15, -0.1) is 0 Å². The number of fused-ring (bicyclic) bond motifs is 1. The number of halogens is 1. The number of benzene rings is 2. The van der Waals surface area contributed by atoms with Crippen molar-refractivity contribution < 1.29 is 0 Å². The molecule has 2 heterocycles. The fraction of sp³-hybridized carbons (Fsp3) is 0.238. The van der Waals surface area contributed by atoms with E-state index in [2.05, 4.69) is 11.4 Å². The molecule has 1 aliphatic rings. The number of nitriles is 1. The predicted octanol–water partition coefficient (Wildman–Crippen LogP) is 4.74. The molecule has 26 heavy (non-hydrogen) atoms. The molecule has 0 radical (unpaired) electrons. The van der Waals surface area contributed by atoms with E-state index < -0.39 is 0 Å². The second-order valence-corrected chi connectivity index (χ2v) is 6.87. The zero-order chi connectivity index (χ0) is 17.9. The first-order chi connectivity index (χ1) is 12.8. The summed E-state index contributed by atoms with van der Waals surface area (Å²) in [5, 5.41) is 18.7. The summed E-state index contributed by atoms with van der Waals surface area (Å²) in [6.45, 7) is 0.916. The fourth-order valence-electron chi connectivity index (χ4n) is 3.46. The third-order valence-electron chi connectivity index (χ3n) is 4.78. The lowest BCUT2D eigenvalue weighted by Gasteiger charge is -2.10. The minimum absolute atomic E-state index is 0.619. The zero-order valence-corrected chi connectivity index (χ0v) is 15.1. The molecule has 1 N–H and O–H groups in total. The highest BCUT2D eigenvalue weighted by atomic mass is 35.5. The number of aromatic nitrogens is 2. The largest absolute Gasteiger partial charge is 0.370 e. The standard InChI is InChI=1S/C21H19ClN4/c22-18-10-3-1-7-15(18)13-19-17-9-5-6-12-24-21(17)26(25-19)20-11-4-2-8-16(20)14-23/h1-4,7-8,10-11,24H,5-6,9,12-13H2. The van der Waals surface area contributed by atoms with Gasteiger partial charge in [0.05, 0.1) is 16.9 Å². The van der Waals surface area contributed by atoms with Gasteiger partial charge in [-0.25, -0.2) is 4.68 Å². The molecule has 5 heteroatoms. The molecular weight excluding hydrogens is 344 g/mol. The van der Waals surface area contributed by atoms with Gasteiger partial charge in [0.1, 0.15) is 11.9 Å². The fourth-order valence-corrected chi connectivity index (χ4v) is 3.67. The van der Waals surface area contributed by atoms with Gasteiger partial charge >= 0.3 is 0 Å². The summed E-state index contributed by atoms with van der Waals surface area (Å²) in [6.07, 6.45) is 3.92. The highest BCUT2D eigenvalue weighted by Crippen LogP contribution is 2.31. The van der Waals surface area contributed by atoms with Crippen molar-refractivity contribution in [2.24, 2.45) is 0 Å². The topological polar surface area (TPSA) is 53.6 Å². The lowest BCUT2D eigenvalue weighted by Crippen LogP contribution is -2.08. The van der Waals surface area contributed by atoms with E-state index in [1.807, 2.05) is 53.2 Å². The van der Waals surface area contributed by atoms with Crippen LogP contribution in [0.15, 0.2) is 48.5 Å². The van der Waals surface area contributed by atoms with Crippen LogP contribution in [0.5, 0.6) is 0 Å². The van der Waals surface area contributed by atoms with Gasteiger partial charge in [0.2, 0.25) is 0 Å². The molecule has 130 valence electrons. The number of rotatable bonds is 3. The van der Waals surface area contributed by atoms with Crippen molar-refractivity contribution in [3.05, 3.63) is 75.9 Å². The van der Waals surface area contributed by atoms with Crippen LogP contribution >= 0.6 is 11.6 Å². The molecule has 0 spiro atoms. The van der Waals surface area contributed by atoms with Crippen LogP contribution in [-0.4, -0.2) is 16.3 Å². The number of anilines is 1. The normalized spacial score (nSPS) is 13.4. The Morgan fingerprint density at radius 1 is 1.12 bits per heavy atom. The first kappa shape index (κ1) is 16.7. The Kier molecular flexibility index (Phi) is 4.64. The van der Waals surface area contributed by atoms with E-state index in [1.165, 1.54) is 5.56 Å². The second kappa shape index (κ2) is 7.23. The second-order valence-electron chi connectivity index (χ2n) is 6.47. The Morgan fingerprint density at radius 3 is 2.77 bits per heavy atom. The van der Waals surface area contributed by atoms with Crippen LogP contribution in [0.1, 0.15) is 35.2 Å². The van der Waals surface area contributed by atoms with E-state index in [1.54, 1.807) is 0 Å². The SMILES string of the molecule is N#Cc1ccccc1-n1nc(Cc2ccccc2Cl)c2c1NCCCC2. The quantitative estimate of drug-likeness (QED) is 0.732. The third kappa shape index (κ3) is 3.07. The van der Waals surface area contributed by atoms with E-state index in [4.69, 9.17) is 16.7 Å². The van der Waals surface area contributed by atoms with E-state index in [0.717, 1.165) is 53.6 Å². The molecule has 0 amide bonds. The van der Waals surface area contributed by atoms with Gasteiger partial charge in [0, 0.05) is 23.6 Å². The van der Waals surface area contributed by atoms with Gasteiger partial charge in [-0.2, -0.15) is 10.4 Å². The van der Waals surface area contributed by atoms with E-state index >= 15 is 0 Å². The van der Waals surface area contributed by atoms with Crippen LogP contribution < -0.4 is 5.32 Å². The molecule has 2 aromatic carbocycles. The van der Waals surface area contributed by atoms with Crippen molar-refractivity contribution in [1.82, 2.24) is 9.78 Å². The number of hydrogen-bond donors (Lipinski definition) is 1. The summed E-state index contributed by atoms with van der Waals surface area (Å²) in [5.41, 5.74) is 4.75. The lowest BCUT2D eigenvalue weighted by atomic mass is 10.0. The number of para-hydroxylation sites is 1. The summed E-state index contributed by atoms with van der Waals surface area (Å²) in [4.78, 5) is 0. The Morgan fingerprint density at radius 2 is 1.92 bits per heavy atom. The first-order valence-corrected chi connectivity index (χ1v) is 9.23. The number of nitrogens with zero attached hydrogens (tertiary/aromatic N) is 3. The molecular formula is C21H19ClN4. The summed E-state index contributed by atoms with van der Waals surface area (Å²) in [5.74, 6) is 1.01. The highest BCUT2D eigenvalue weighted by Gasteiger charge is 2.22. The molecule has 4 rings (SSSR count). The third-order valence-corrected chi connectivity index (χ3v) is 5.15. The van der Waals surface area contributed by atoms with Crippen molar-refractivity contribution >= 4 is 17.4 Å². The molecule has 0 atom stereocenters. The molecule has 0 saturated heterocycles. The van der Waals surface area contributed by atoms with Gasteiger partial charge < -0.3 is 5.32 Å². The molecule has 1 aliphatic heterocycles. The average molecular weight is 363 g/mol. The highest BCUT2D eigenvalue weighted by molar-refractivity contribution is 6.31. The summed E-state index contributed by atoms with van der Waals surface area (Å²) in [6, 6.07) is 17.8. The van der Waals surface area contributed by atoms with Crippen LogP contribution in [0.25, 0.3) is 5.69 Å². The van der Waals surface area contributed by atoms with Crippen molar-refractivity contribution in [2.45, 2.75) is 25.7 Å². The summed E-state index contributed by atoms with van der Waals surface area (Å²) < 4.78 is 1.89. The Labute approximate surface area is 158 Å². The molecule has 0 bridgehead atoms. The van der Waals surface area contributed by atoms with Crippen molar-refractivity contribution in [2.75, 3.05) is 11.9 Å². The molecule has 1 aromatic heterocycles. The molecule has 3 aromatic rings. The Balaban J connectivity index is 1.85. The summed E-state index contributed by atoms with van der Waals surface area (Å²) in [7, 11) is 0. The van der Waals surface area contributed by atoms with Crippen molar-refractivity contribution in [3.8, 4) is 11.8 Å². The van der Waals surface area contributed by atoms with E-state index in [9.17, 15) is 5.26 Å². The maximum Gasteiger partial charge on any atom is 0.133 e. The van der Waals surface area contributed by atoms with E-state index in [-0.39, 0.29) is 0 Å². The smallest absolute Gasteiger partial charge is 0.133 e. The van der Waals surface area contributed by atoms with Gasteiger partial charge in [0.15, 0.2) is 0 Å². The van der Waals surface area contributed by atoms with Crippen molar-refractivity contribution in [1.29, 1.82) is 5.26 Å². The first-order valence-electron chi connectivity index (χ1n) is 8.85. The van der Waals surface area contributed by atoms with Gasteiger partial charge in [0.25, 0.3) is 0 Å². The maximum absolute atomic E-state index is 9.49. The maximum atomic E-state index is 9.49. The Hall–Kier alpha value is -2.77. The monoisotopic (exact) mass is 362 g/mol. The van der Waals surface area contributed by atoms with E-state index in [0.29, 0.717) is 12.0 Å². The summed E-state index contributed by atoms with van der Waals surface area (Å²) >= 11 is 6.37. The van der Waals surface area contributed by atoms with Crippen LogP contribution in [0, 0.1) is 11.3 Å². The lowest BCUT2D eigenvalue weighted by molar-refractivity contribution is 0.767. The number of hydrogen-bond acceptors (Lipinski definition) is 3. The minimum Gasteiger partial charge on any atom is -0.370 e. The molecule has 0 saturated carbocycles. The van der Waals surface area contributed by atoms with Gasteiger partial charge in [-0.05, 0) is 43.0 Å². The molecule has 0 aliphatic carbocycles. The van der Waals surface area contributed by atoms with Crippen LogP contribution in [-0.2, 0) is 12.8 Å². The van der Waals surface area contributed by atoms with Crippen LogP contribution in [0.2, 0.25) is 5.02 Å².